The molecule has 0 spiro atoms. The van der Waals surface area contributed by atoms with Gasteiger partial charge in [-0.15, -0.1) is 0 Å². The maximum Gasteiger partial charge on any atom is 0.123 e. The van der Waals surface area contributed by atoms with Crippen LogP contribution in [-0.4, -0.2) is 4.98 Å². The Kier molecular flexibility index (Phi) is 3.19. The molecule has 0 aliphatic rings. The third-order valence-corrected chi connectivity index (χ3v) is 2.86. The summed E-state index contributed by atoms with van der Waals surface area (Å²) in [6.07, 6.45) is 3.41. The zero-order valence-corrected chi connectivity index (χ0v) is 10.3. The molecule has 0 unspecified atom stereocenters. The Hall–Kier alpha value is -1.42. The number of hydrogen-bond acceptors (Lipinski definition) is 2. The Morgan fingerprint density at radius 1 is 1.25 bits per heavy atom. The van der Waals surface area contributed by atoms with Crippen LogP contribution in [0.5, 0.6) is 0 Å². The Morgan fingerprint density at radius 3 is 2.75 bits per heavy atom. The molecule has 2 nitrogen and oxygen atoms in total. The first-order valence-electron chi connectivity index (χ1n) is 4.79. The second kappa shape index (κ2) is 4.61. The SMILES string of the molecule is Cc1cc(F)ccc1Nc1ccncc1Br. The minimum absolute atomic E-state index is 0.225. The molecule has 2 rings (SSSR count). The number of pyridine rings is 1. The fraction of sp³-hybridized carbons (Fsp3) is 0.0833. The van der Waals surface area contributed by atoms with Crippen LogP contribution in [0.2, 0.25) is 0 Å². The number of benzene rings is 1. The molecule has 2 aromatic rings. The summed E-state index contributed by atoms with van der Waals surface area (Å²) in [4.78, 5) is 3.98. The summed E-state index contributed by atoms with van der Waals surface area (Å²) in [5.41, 5.74) is 2.65. The number of nitrogens with one attached hydrogen (secondary N) is 1. The van der Waals surface area contributed by atoms with E-state index in [1.54, 1.807) is 18.5 Å². The van der Waals surface area contributed by atoms with Gasteiger partial charge in [0.1, 0.15) is 5.82 Å². The zero-order valence-electron chi connectivity index (χ0n) is 8.67. The number of aromatic nitrogens is 1. The van der Waals surface area contributed by atoms with Crippen LogP contribution in [0.1, 0.15) is 5.56 Å². The summed E-state index contributed by atoms with van der Waals surface area (Å²) in [6.45, 7) is 1.86. The Morgan fingerprint density at radius 2 is 2.06 bits per heavy atom. The van der Waals surface area contributed by atoms with Gasteiger partial charge in [-0.1, -0.05) is 0 Å². The normalized spacial score (nSPS) is 10.2. The van der Waals surface area contributed by atoms with Crippen molar-refractivity contribution in [3.05, 3.63) is 52.5 Å². The maximum absolute atomic E-state index is 12.9. The third kappa shape index (κ3) is 2.39. The van der Waals surface area contributed by atoms with Crippen LogP contribution in [0.15, 0.2) is 41.1 Å². The molecule has 1 aromatic heterocycles. The quantitative estimate of drug-likeness (QED) is 0.898. The standard InChI is InChI=1S/C12H10BrFN2/c1-8-6-9(14)2-3-11(8)16-12-4-5-15-7-10(12)13/h2-7H,1H3,(H,15,16). The molecule has 1 aromatic carbocycles. The largest absolute Gasteiger partial charge is 0.354 e. The number of rotatable bonds is 2. The van der Waals surface area contributed by atoms with Crippen LogP contribution >= 0.6 is 15.9 Å². The highest BCUT2D eigenvalue weighted by molar-refractivity contribution is 9.10. The van der Waals surface area contributed by atoms with Gasteiger partial charge >= 0.3 is 0 Å². The van der Waals surface area contributed by atoms with Gasteiger partial charge in [-0.2, -0.15) is 0 Å². The molecule has 0 saturated carbocycles. The predicted octanol–water partition coefficient (Wildman–Crippen LogP) is 4.04. The summed E-state index contributed by atoms with van der Waals surface area (Å²) >= 11 is 3.39. The van der Waals surface area contributed by atoms with E-state index in [1.807, 2.05) is 13.0 Å². The second-order valence-electron chi connectivity index (χ2n) is 3.44. The van der Waals surface area contributed by atoms with E-state index in [2.05, 4.69) is 26.2 Å². The van der Waals surface area contributed by atoms with E-state index in [9.17, 15) is 4.39 Å². The van der Waals surface area contributed by atoms with E-state index in [1.165, 1.54) is 12.1 Å². The molecule has 0 amide bonds. The minimum Gasteiger partial charge on any atom is -0.354 e. The van der Waals surface area contributed by atoms with Gasteiger partial charge in [0.25, 0.3) is 0 Å². The van der Waals surface area contributed by atoms with Crippen molar-refractivity contribution in [1.82, 2.24) is 4.98 Å². The van der Waals surface area contributed by atoms with Gasteiger partial charge in [-0.05, 0) is 52.7 Å². The molecule has 1 heterocycles. The summed E-state index contributed by atoms with van der Waals surface area (Å²) in [5.74, 6) is -0.225. The van der Waals surface area contributed by atoms with Crippen LogP contribution in [0.4, 0.5) is 15.8 Å². The van der Waals surface area contributed by atoms with Gasteiger partial charge in [-0.3, -0.25) is 4.98 Å². The van der Waals surface area contributed by atoms with Crippen molar-refractivity contribution in [3.63, 3.8) is 0 Å². The smallest absolute Gasteiger partial charge is 0.123 e. The van der Waals surface area contributed by atoms with E-state index >= 15 is 0 Å². The Balaban J connectivity index is 2.31. The van der Waals surface area contributed by atoms with E-state index in [0.717, 1.165) is 21.4 Å². The van der Waals surface area contributed by atoms with E-state index in [0.29, 0.717) is 0 Å². The molecular weight excluding hydrogens is 271 g/mol. The van der Waals surface area contributed by atoms with Crippen LogP contribution in [0.3, 0.4) is 0 Å². The van der Waals surface area contributed by atoms with Gasteiger partial charge in [0.15, 0.2) is 0 Å². The highest BCUT2D eigenvalue weighted by Crippen LogP contribution is 2.26. The first kappa shape index (κ1) is 11.1. The van der Waals surface area contributed by atoms with Crippen molar-refractivity contribution in [1.29, 1.82) is 0 Å². The van der Waals surface area contributed by atoms with Crippen molar-refractivity contribution >= 4 is 27.3 Å². The van der Waals surface area contributed by atoms with Gasteiger partial charge in [0.2, 0.25) is 0 Å². The lowest BCUT2D eigenvalue weighted by Gasteiger charge is -2.10. The molecule has 0 aliphatic heterocycles. The summed E-state index contributed by atoms with van der Waals surface area (Å²) in [6, 6.07) is 6.51. The number of hydrogen-bond donors (Lipinski definition) is 1. The number of nitrogens with zero attached hydrogens (tertiary/aromatic N) is 1. The summed E-state index contributed by atoms with van der Waals surface area (Å²) < 4.78 is 13.8. The minimum atomic E-state index is -0.225. The van der Waals surface area contributed by atoms with Crippen molar-refractivity contribution < 1.29 is 4.39 Å². The topological polar surface area (TPSA) is 24.9 Å². The molecule has 0 fully saturated rings. The van der Waals surface area contributed by atoms with Crippen LogP contribution in [-0.2, 0) is 0 Å². The van der Waals surface area contributed by atoms with Crippen molar-refractivity contribution in [2.45, 2.75) is 6.92 Å². The molecule has 16 heavy (non-hydrogen) atoms. The van der Waals surface area contributed by atoms with Crippen molar-refractivity contribution in [3.8, 4) is 0 Å². The fourth-order valence-electron chi connectivity index (χ4n) is 1.39. The number of halogens is 2. The molecule has 0 radical (unpaired) electrons. The molecule has 0 aliphatic carbocycles. The highest BCUT2D eigenvalue weighted by atomic mass is 79.9. The van der Waals surface area contributed by atoms with Gasteiger partial charge in [0, 0.05) is 18.1 Å². The van der Waals surface area contributed by atoms with Crippen molar-refractivity contribution in [2.24, 2.45) is 0 Å². The van der Waals surface area contributed by atoms with E-state index in [-0.39, 0.29) is 5.82 Å². The monoisotopic (exact) mass is 280 g/mol. The molecule has 0 atom stereocenters. The Labute approximate surface area is 102 Å². The average molecular weight is 281 g/mol. The molecule has 1 N–H and O–H groups in total. The van der Waals surface area contributed by atoms with Gasteiger partial charge in [0.05, 0.1) is 10.2 Å². The fourth-order valence-corrected chi connectivity index (χ4v) is 1.74. The predicted molar refractivity (Wildman–Crippen MR) is 66.4 cm³/mol. The first-order chi connectivity index (χ1) is 7.66. The number of aryl methyl sites for hydroxylation is 1. The molecule has 0 bridgehead atoms. The maximum atomic E-state index is 12.9. The molecular formula is C12H10BrFN2. The third-order valence-electron chi connectivity index (χ3n) is 2.23. The Bertz CT molecular complexity index is 514. The molecule has 0 saturated heterocycles. The first-order valence-corrected chi connectivity index (χ1v) is 5.59. The zero-order chi connectivity index (χ0) is 11.5. The second-order valence-corrected chi connectivity index (χ2v) is 4.29. The van der Waals surface area contributed by atoms with Crippen molar-refractivity contribution in [2.75, 3.05) is 5.32 Å². The highest BCUT2D eigenvalue weighted by Gasteiger charge is 2.03. The lowest BCUT2D eigenvalue weighted by atomic mass is 10.2. The van der Waals surface area contributed by atoms with Gasteiger partial charge in [-0.25, -0.2) is 4.39 Å². The summed E-state index contributed by atoms with van der Waals surface area (Å²) in [5, 5.41) is 3.21. The lowest BCUT2D eigenvalue weighted by Crippen LogP contribution is -1.94. The van der Waals surface area contributed by atoms with Gasteiger partial charge < -0.3 is 5.32 Å². The average Bonchev–Trinajstić information content (AvgIpc) is 2.25. The van der Waals surface area contributed by atoms with Crippen LogP contribution < -0.4 is 5.32 Å². The lowest BCUT2D eigenvalue weighted by molar-refractivity contribution is 0.627. The summed E-state index contributed by atoms with van der Waals surface area (Å²) in [7, 11) is 0. The van der Waals surface area contributed by atoms with E-state index < -0.39 is 0 Å². The molecule has 4 heteroatoms. The number of anilines is 2. The van der Waals surface area contributed by atoms with E-state index in [4.69, 9.17) is 0 Å². The van der Waals surface area contributed by atoms with Crippen LogP contribution in [0.25, 0.3) is 0 Å². The van der Waals surface area contributed by atoms with Crippen LogP contribution in [0, 0.1) is 12.7 Å². The molecule has 82 valence electrons.